The second-order valence-corrected chi connectivity index (χ2v) is 6.85. The van der Waals surface area contributed by atoms with E-state index < -0.39 is 0 Å². The zero-order chi connectivity index (χ0) is 14.4. The fourth-order valence-corrected chi connectivity index (χ4v) is 3.81. The minimum atomic E-state index is 0.395. The van der Waals surface area contributed by atoms with Crippen molar-refractivity contribution in [2.45, 2.75) is 17.4 Å². The molecule has 4 heteroatoms. The van der Waals surface area contributed by atoms with Gasteiger partial charge in [-0.2, -0.15) is 0 Å². The van der Waals surface area contributed by atoms with Crippen LogP contribution in [0.25, 0.3) is 0 Å². The second-order valence-electron chi connectivity index (χ2n) is 4.52. The van der Waals surface area contributed by atoms with Crippen molar-refractivity contribution in [2.24, 2.45) is 0 Å². The summed E-state index contributed by atoms with van der Waals surface area (Å²) in [5, 5.41) is 4.22. The van der Waals surface area contributed by atoms with Crippen LogP contribution in [0, 0.1) is 0 Å². The molecule has 1 unspecified atom stereocenters. The van der Waals surface area contributed by atoms with Gasteiger partial charge in [-0.3, -0.25) is 0 Å². The lowest BCUT2D eigenvalue weighted by atomic mass is 10.1. The number of nitrogens with one attached hydrogen (secondary N) is 1. The Labute approximate surface area is 138 Å². The van der Waals surface area contributed by atoms with E-state index in [9.17, 15) is 0 Å². The highest BCUT2D eigenvalue weighted by Crippen LogP contribution is 2.28. The average Bonchev–Trinajstić information content (AvgIpc) is 2.47. The fraction of sp³-hybridized carbons (Fsp3) is 0.250. The number of likely N-dealkylation sites (N-methyl/N-ethyl adjacent to an activating group) is 1. The van der Waals surface area contributed by atoms with Gasteiger partial charge in [0.15, 0.2) is 0 Å². The van der Waals surface area contributed by atoms with Gasteiger partial charge < -0.3 is 5.32 Å². The van der Waals surface area contributed by atoms with Crippen molar-refractivity contribution < 1.29 is 0 Å². The van der Waals surface area contributed by atoms with Gasteiger partial charge in [-0.05, 0) is 53.2 Å². The molecule has 0 radical (unpaired) electrons. The second kappa shape index (κ2) is 8.08. The molecule has 1 nitrogen and oxygen atoms in total. The van der Waals surface area contributed by atoms with E-state index in [1.165, 1.54) is 10.5 Å². The summed E-state index contributed by atoms with van der Waals surface area (Å²) in [7, 11) is 2.00. The molecule has 1 atom stereocenters. The number of rotatable bonds is 6. The highest BCUT2D eigenvalue weighted by atomic mass is 79.9. The Kier molecular flexibility index (Phi) is 6.43. The molecule has 0 aromatic heterocycles. The lowest BCUT2D eigenvalue weighted by Crippen LogP contribution is -2.30. The van der Waals surface area contributed by atoms with Gasteiger partial charge in [0.25, 0.3) is 0 Å². The Morgan fingerprint density at radius 3 is 2.55 bits per heavy atom. The van der Waals surface area contributed by atoms with Gasteiger partial charge in [0.1, 0.15) is 0 Å². The molecule has 2 aromatic rings. The molecule has 20 heavy (non-hydrogen) atoms. The molecule has 0 aliphatic carbocycles. The van der Waals surface area contributed by atoms with E-state index in [4.69, 9.17) is 11.6 Å². The molecule has 106 valence electrons. The third-order valence-electron chi connectivity index (χ3n) is 3.11. The van der Waals surface area contributed by atoms with Crippen molar-refractivity contribution in [1.29, 1.82) is 0 Å². The van der Waals surface area contributed by atoms with Crippen LogP contribution in [-0.4, -0.2) is 18.8 Å². The van der Waals surface area contributed by atoms with Gasteiger partial charge in [0, 0.05) is 26.2 Å². The largest absolute Gasteiger partial charge is 0.316 e. The van der Waals surface area contributed by atoms with Crippen molar-refractivity contribution in [1.82, 2.24) is 5.32 Å². The molecule has 0 aliphatic rings. The van der Waals surface area contributed by atoms with Crippen LogP contribution in [0.3, 0.4) is 0 Å². The molecule has 2 aromatic carbocycles. The Bertz CT molecular complexity index is 562. The number of thioether (sulfide) groups is 1. The highest BCUT2D eigenvalue weighted by molar-refractivity contribution is 9.10. The van der Waals surface area contributed by atoms with Gasteiger partial charge in [-0.15, -0.1) is 11.8 Å². The molecule has 2 rings (SSSR count). The Hall–Kier alpha value is -0.480. The maximum absolute atomic E-state index is 6.23. The van der Waals surface area contributed by atoms with Gasteiger partial charge in [0.2, 0.25) is 0 Å². The summed E-state index contributed by atoms with van der Waals surface area (Å²) in [6, 6.07) is 16.8. The van der Waals surface area contributed by atoms with Gasteiger partial charge in [0.05, 0.1) is 0 Å². The monoisotopic (exact) mass is 369 g/mol. The standard InChI is InChI=1S/C16H17BrClNS/c1-19-13(10-12-6-2-4-8-15(12)18)11-20-16-9-5-3-7-14(16)17/h2-9,13,19H,10-11H2,1H3. The number of hydrogen-bond donors (Lipinski definition) is 1. The third-order valence-corrected chi connectivity index (χ3v) is 5.67. The summed E-state index contributed by atoms with van der Waals surface area (Å²) in [4.78, 5) is 1.27. The van der Waals surface area contributed by atoms with Crippen LogP contribution < -0.4 is 5.32 Å². The van der Waals surface area contributed by atoms with E-state index in [1.54, 1.807) is 0 Å². The normalized spacial score (nSPS) is 12.3. The van der Waals surface area contributed by atoms with Crippen molar-refractivity contribution in [2.75, 3.05) is 12.8 Å². The minimum Gasteiger partial charge on any atom is -0.316 e. The maximum Gasteiger partial charge on any atom is 0.0438 e. The first-order chi connectivity index (χ1) is 9.70. The van der Waals surface area contributed by atoms with E-state index in [1.807, 2.05) is 43.1 Å². The van der Waals surface area contributed by atoms with Crippen LogP contribution in [0.4, 0.5) is 0 Å². The molecule has 0 aliphatic heterocycles. The quantitative estimate of drug-likeness (QED) is 0.716. The van der Waals surface area contributed by atoms with E-state index in [0.29, 0.717) is 6.04 Å². The Balaban J connectivity index is 1.96. The summed E-state index contributed by atoms with van der Waals surface area (Å²) >= 11 is 11.7. The highest BCUT2D eigenvalue weighted by Gasteiger charge is 2.11. The lowest BCUT2D eigenvalue weighted by Gasteiger charge is -2.17. The van der Waals surface area contributed by atoms with Crippen LogP contribution in [0.5, 0.6) is 0 Å². The van der Waals surface area contributed by atoms with Crippen molar-refractivity contribution in [3.05, 3.63) is 63.6 Å². The molecule has 0 bridgehead atoms. The van der Waals surface area contributed by atoms with Gasteiger partial charge >= 0.3 is 0 Å². The summed E-state index contributed by atoms with van der Waals surface area (Å²) < 4.78 is 1.15. The van der Waals surface area contributed by atoms with Crippen molar-refractivity contribution in [3.8, 4) is 0 Å². The molecule has 0 spiro atoms. The topological polar surface area (TPSA) is 12.0 Å². The molecule has 1 N–H and O–H groups in total. The molecule has 0 heterocycles. The summed E-state index contributed by atoms with van der Waals surface area (Å²) in [5.41, 5.74) is 1.20. The Morgan fingerprint density at radius 1 is 1.15 bits per heavy atom. The average molecular weight is 371 g/mol. The van der Waals surface area contributed by atoms with Crippen LogP contribution in [-0.2, 0) is 6.42 Å². The van der Waals surface area contributed by atoms with Crippen LogP contribution in [0.2, 0.25) is 5.02 Å². The zero-order valence-electron chi connectivity index (χ0n) is 11.3. The van der Waals surface area contributed by atoms with Crippen molar-refractivity contribution >= 4 is 39.3 Å². The number of halogens is 2. The number of hydrogen-bond acceptors (Lipinski definition) is 2. The van der Waals surface area contributed by atoms with E-state index >= 15 is 0 Å². The van der Waals surface area contributed by atoms with Crippen molar-refractivity contribution in [3.63, 3.8) is 0 Å². The van der Waals surface area contributed by atoms with Gasteiger partial charge in [-0.1, -0.05) is 41.9 Å². The third kappa shape index (κ3) is 4.52. The molecular weight excluding hydrogens is 354 g/mol. The first kappa shape index (κ1) is 15.9. The summed E-state index contributed by atoms with van der Waals surface area (Å²) in [5.74, 6) is 1.00. The summed E-state index contributed by atoms with van der Waals surface area (Å²) in [6.07, 6.45) is 0.938. The van der Waals surface area contributed by atoms with Crippen LogP contribution in [0.15, 0.2) is 57.9 Å². The van der Waals surface area contributed by atoms with Crippen LogP contribution >= 0.6 is 39.3 Å². The molecular formula is C16H17BrClNS. The smallest absolute Gasteiger partial charge is 0.0438 e. The number of benzene rings is 2. The zero-order valence-corrected chi connectivity index (χ0v) is 14.4. The van der Waals surface area contributed by atoms with E-state index in [2.05, 4.69) is 45.5 Å². The summed E-state index contributed by atoms with van der Waals surface area (Å²) in [6.45, 7) is 0. The molecule has 0 saturated heterocycles. The SMILES string of the molecule is CNC(CSc1ccccc1Br)Cc1ccccc1Cl. The lowest BCUT2D eigenvalue weighted by molar-refractivity contribution is 0.617. The molecule has 0 saturated carbocycles. The van der Waals surface area contributed by atoms with Crippen LogP contribution in [0.1, 0.15) is 5.56 Å². The van der Waals surface area contributed by atoms with E-state index in [0.717, 1.165) is 21.7 Å². The maximum atomic E-state index is 6.23. The first-order valence-electron chi connectivity index (χ1n) is 6.48. The Morgan fingerprint density at radius 2 is 1.85 bits per heavy atom. The van der Waals surface area contributed by atoms with E-state index in [-0.39, 0.29) is 0 Å². The minimum absolute atomic E-state index is 0.395. The first-order valence-corrected chi connectivity index (χ1v) is 8.64. The van der Waals surface area contributed by atoms with Gasteiger partial charge in [-0.25, -0.2) is 0 Å². The predicted octanol–water partition coefficient (Wildman–Crippen LogP) is 5.03. The molecule has 0 fully saturated rings. The predicted molar refractivity (Wildman–Crippen MR) is 92.9 cm³/mol. The molecule has 0 amide bonds. The fourth-order valence-electron chi connectivity index (χ4n) is 1.93.